The highest BCUT2D eigenvalue weighted by Gasteiger charge is 2.13. The molecule has 0 bridgehead atoms. The molecule has 0 aromatic rings. The van der Waals surface area contributed by atoms with Crippen LogP contribution in [0.2, 0.25) is 0 Å². The highest BCUT2D eigenvalue weighted by molar-refractivity contribution is 14.0. The van der Waals surface area contributed by atoms with Crippen molar-refractivity contribution in [2.45, 2.75) is 46.6 Å². The maximum atomic E-state index is 5.34. The van der Waals surface area contributed by atoms with Gasteiger partial charge < -0.3 is 20.3 Å². The Bertz CT molecular complexity index is 273. The first-order valence-corrected chi connectivity index (χ1v) is 8.27. The molecular weight excluding hydrogens is 391 g/mol. The average molecular weight is 428 g/mol. The van der Waals surface area contributed by atoms with Crippen molar-refractivity contribution >= 4 is 29.9 Å². The van der Waals surface area contributed by atoms with Crippen LogP contribution in [0, 0.1) is 5.92 Å². The molecule has 0 saturated carbocycles. The van der Waals surface area contributed by atoms with Crippen LogP contribution >= 0.6 is 24.0 Å². The van der Waals surface area contributed by atoms with E-state index in [-0.39, 0.29) is 24.0 Å². The molecule has 0 rings (SSSR count). The Morgan fingerprint density at radius 3 is 2.36 bits per heavy atom. The summed E-state index contributed by atoms with van der Waals surface area (Å²) in [6, 6.07) is 0.490. The van der Waals surface area contributed by atoms with E-state index in [1.54, 1.807) is 0 Å². The van der Waals surface area contributed by atoms with Crippen molar-refractivity contribution in [2.24, 2.45) is 10.9 Å². The number of nitrogens with zero attached hydrogens (tertiary/aromatic N) is 2. The van der Waals surface area contributed by atoms with E-state index < -0.39 is 0 Å². The molecule has 22 heavy (non-hydrogen) atoms. The molecule has 1 atom stereocenters. The zero-order chi connectivity index (χ0) is 16.1. The minimum Gasteiger partial charge on any atom is -0.382 e. The summed E-state index contributed by atoms with van der Waals surface area (Å²) in [7, 11) is 4.26. The van der Waals surface area contributed by atoms with Crippen LogP contribution in [-0.2, 0) is 4.74 Å². The molecule has 0 aromatic heterocycles. The second-order valence-corrected chi connectivity index (χ2v) is 5.94. The van der Waals surface area contributed by atoms with Gasteiger partial charge in [-0.2, -0.15) is 0 Å². The molecule has 0 fully saturated rings. The summed E-state index contributed by atoms with van der Waals surface area (Å²) in [6.45, 7) is 12.8. The summed E-state index contributed by atoms with van der Waals surface area (Å²) in [6.07, 6.45) is 2.17. The highest BCUT2D eigenvalue weighted by Crippen LogP contribution is 2.09. The normalized spacial score (nSPS) is 13.2. The van der Waals surface area contributed by atoms with E-state index in [0.29, 0.717) is 12.0 Å². The van der Waals surface area contributed by atoms with Crippen molar-refractivity contribution in [1.82, 2.24) is 15.5 Å². The van der Waals surface area contributed by atoms with Crippen LogP contribution < -0.4 is 10.6 Å². The van der Waals surface area contributed by atoms with E-state index in [4.69, 9.17) is 9.73 Å². The van der Waals surface area contributed by atoms with Gasteiger partial charge in [0, 0.05) is 32.3 Å². The first kappa shape index (κ1) is 24.2. The summed E-state index contributed by atoms with van der Waals surface area (Å²) >= 11 is 0. The molecule has 0 saturated heterocycles. The molecule has 5 nitrogen and oxygen atoms in total. The Morgan fingerprint density at radius 1 is 1.18 bits per heavy atom. The van der Waals surface area contributed by atoms with Gasteiger partial charge in [0.15, 0.2) is 5.96 Å². The van der Waals surface area contributed by atoms with Crippen molar-refractivity contribution in [1.29, 1.82) is 0 Å². The molecule has 0 amide bonds. The lowest BCUT2D eigenvalue weighted by Crippen LogP contribution is -2.40. The van der Waals surface area contributed by atoms with Crippen molar-refractivity contribution in [3.05, 3.63) is 0 Å². The molecule has 0 spiro atoms. The molecule has 2 N–H and O–H groups in total. The fourth-order valence-corrected chi connectivity index (χ4v) is 2.06. The standard InChI is InChI=1S/C16H36N4O.HI/c1-7-17-16(18-10-9-11-21-8-2)19-13-15(20(5)6)12-14(3)4;/h14-15H,7-13H2,1-6H3,(H2,17,18,19);1H. The maximum Gasteiger partial charge on any atom is 0.191 e. The number of ether oxygens (including phenoxy) is 1. The van der Waals surface area contributed by atoms with Crippen LogP contribution in [0.25, 0.3) is 0 Å². The van der Waals surface area contributed by atoms with Crippen molar-refractivity contribution in [3.63, 3.8) is 0 Å². The van der Waals surface area contributed by atoms with Crippen molar-refractivity contribution < 1.29 is 4.74 Å². The van der Waals surface area contributed by atoms with Crippen molar-refractivity contribution in [2.75, 3.05) is 46.9 Å². The fourth-order valence-electron chi connectivity index (χ4n) is 2.06. The number of halogens is 1. The van der Waals surface area contributed by atoms with E-state index in [0.717, 1.165) is 45.2 Å². The zero-order valence-electron chi connectivity index (χ0n) is 15.3. The third kappa shape index (κ3) is 13.6. The quantitative estimate of drug-likeness (QED) is 0.230. The first-order chi connectivity index (χ1) is 10.0. The molecule has 6 heteroatoms. The van der Waals surface area contributed by atoms with Gasteiger partial charge in [-0.1, -0.05) is 13.8 Å². The van der Waals surface area contributed by atoms with Crippen LogP contribution in [0.5, 0.6) is 0 Å². The third-order valence-corrected chi connectivity index (χ3v) is 3.24. The Kier molecular flexibility index (Phi) is 17.4. The highest BCUT2D eigenvalue weighted by atomic mass is 127. The second kappa shape index (κ2) is 15.8. The summed E-state index contributed by atoms with van der Waals surface area (Å²) in [5.41, 5.74) is 0. The predicted octanol–water partition coefficient (Wildman–Crippen LogP) is 2.56. The van der Waals surface area contributed by atoms with Gasteiger partial charge >= 0.3 is 0 Å². The number of likely N-dealkylation sites (N-methyl/N-ethyl adjacent to an activating group) is 1. The Labute approximate surface area is 154 Å². The predicted molar refractivity (Wildman–Crippen MR) is 107 cm³/mol. The third-order valence-electron chi connectivity index (χ3n) is 3.24. The smallest absolute Gasteiger partial charge is 0.191 e. The van der Waals surface area contributed by atoms with Crippen LogP contribution in [0.4, 0.5) is 0 Å². The second-order valence-electron chi connectivity index (χ2n) is 5.94. The van der Waals surface area contributed by atoms with E-state index >= 15 is 0 Å². The van der Waals surface area contributed by atoms with E-state index in [2.05, 4.69) is 50.4 Å². The summed E-state index contributed by atoms with van der Waals surface area (Å²) in [5.74, 6) is 1.60. The molecule has 0 aliphatic carbocycles. The van der Waals surface area contributed by atoms with E-state index in [1.165, 1.54) is 6.42 Å². The number of nitrogens with one attached hydrogen (secondary N) is 2. The summed E-state index contributed by atoms with van der Waals surface area (Å²) < 4.78 is 5.34. The van der Waals surface area contributed by atoms with Gasteiger partial charge in [-0.05, 0) is 46.7 Å². The Morgan fingerprint density at radius 2 is 1.86 bits per heavy atom. The molecule has 0 heterocycles. The number of aliphatic imine (C=N–C) groups is 1. The molecule has 0 aromatic carbocycles. The molecule has 0 aliphatic rings. The van der Waals surface area contributed by atoms with Crippen LogP contribution in [-0.4, -0.2) is 63.8 Å². The maximum absolute atomic E-state index is 5.34. The molecule has 0 radical (unpaired) electrons. The Balaban J connectivity index is 0. The lowest BCUT2D eigenvalue weighted by atomic mass is 10.0. The van der Waals surface area contributed by atoms with E-state index in [9.17, 15) is 0 Å². The molecule has 134 valence electrons. The number of hydrogen-bond donors (Lipinski definition) is 2. The van der Waals surface area contributed by atoms with Gasteiger partial charge in [0.05, 0.1) is 6.54 Å². The lowest BCUT2D eigenvalue weighted by molar-refractivity contribution is 0.145. The van der Waals surface area contributed by atoms with Gasteiger partial charge in [0.2, 0.25) is 0 Å². The Hall–Kier alpha value is -0.0800. The van der Waals surface area contributed by atoms with Crippen LogP contribution in [0.3, 0.4) is 0 Å². The van der Waals surface area contributed by atoms with Gasteiger partial charge in [-0.25, -0.2) is 0 Å². The van der Waals surface area contributed by atoms with Crippen LogP contribution in [0.15, 0.2) is 4.99 Å². The van der Waals surface area contributed by atoms with Gasteiger partial charge in [-0.3, -0.25) is 4.99 Å². The van der Waals surface area contributed by atoms with Crippen molar-refractivity contribution in [3.8, 4) is 0 Å². The largest absolute Gasteiger partial charge is 0.382 e. The van der Waals surface area contributed by atoms with E-state index in [1.807, 2.05) is 6.92 Å². The molecular formula is C16H37IN4O. The molecule has 1 unspecified atom stereocenters. The fraction of sp³-hybridized carbons (Fsp3) is 0.938. The first-order valence-electron chi connectivity index (χ1n) is 8.27. The zero-order valence-corrected chi connectivity index (χ0v) is 17.6. The minimum atomic E-state index is 0. The summed E-state index contributed by atoms with van der Waals surface area (Å²) in [5, 5.41) is 6.67. The van der Waals surface area contributed by atoms with Crippen LogP contribution in [0.1, 0.15) is 40.5 Å². The average Bonchev–Trinajstić information content (AvgIpc) is 2.42. The van der Waals surface area contributed by atoms with Gasteiger partial charge in [-0.15, -0.1) is 24.0 Å². The number of guanidine groups is 1. The lowest BCUT2D eigenvalue weighted by Gasteiger charge is -2.24. The topological polar surface area (TPSA) is 48.9 Å². The molecule has 0 aliphatic heterocycles. The SMILES string of the molecule is CCNC(=NCC(CC(C)C)N(C)C)NCCCOCC.I. The van der Waals surface area contributed by atoms with Gasteiger partial charge in [0.1, 0.15) is 0 Å². The summed E-state index contributed by atoms with van der Waals surface area (Å²) in [4.78, 5) is 6.98. The number of rotatable bonds is 11. The minimum absolute atomic E-state index is 0. The number of hydrogen-bond acceptors (Lipinski definition) is 3. The monoisotopic (exact) mass is 428 g/mol. The van der Waals surface area contributed by atoms with Gasteiger partial charge in [0.25, 0.3) is 0 Å².